The molecule has 0 fully saturated rings. The van der Waals surface area contributed by atoms with Crippen LogP contribution in [0, 0.1) is 11.7 Å². The summed E-state index contributed by atoms with van der Waals surface area (Å²) in [5.41, 5.74) is 2.15. The van der Waals surface area contributed by atoms with Gasteiger partial charge < -0.3 is 10.6 Å². The smallest absolute Gasteiger partial charge is 0.227 e. The van der Waals surface area contributed by atoms with Crippen LogP contribution in [-0.4, -0.2) is 11.8 Å². The van der Waals surface area contributed by atoms with Crippen molar-refractivity contribution in [3.05, 3.63) is 59.9 Å². The summed E-state index contributed by atoms with van der Waals surface area (Å²) >= 11 is 0. The minimum atomic E-state index is -0.291. The van der Waals surface area contributed by atoms with Crippen molar-refractivity contribution in [2.75, 3.05) is 10.6 Å². The molecule has 0 aromatic heterocycles. The van der Waals surface area contributed by atoms with E-state index in [1.807, 2.05) is 6.92 Å². The molecule has 0 saturated carbocycles. The third kappa shape index (κ3) is 5.21. The summed E-state index contributed by atoms with van der Waals surface area (Å²) in [4.78, 5) is 23.3. The minimum Gasteiger partial charge on any atom is -0.326 e. The summed E-state index contributed by atoms with van der Waals surface area (Å²) in [6.45, 7) is 3.24. The van der Waals surface area contributed by atoms with E-state index >= 15 is 0 Å². The molecule has 5 heteroatoms. The Morgan fingerprint density at radius 3 is 2.26 bits per heavy atom. The maximum atomic E-state index is 12.9. The van der Waals surface area contributed by atoms with Crippen LogP contribution in [-0.2, 0) is 16.0 Å². The van der Waals surface area contributed by atoms with Crippen molar-refractivity contribution in [1.82, 2.24) is 0 Å². The Balaban J connectivity index is 1.97. The van der Waals surface area contributed by atoms with Gasteiger partial charge in [-0.1, -0.05) is 25.1 Å². The number of anilines is 2. The molecule has 1 atom stereocenters. The summed E-state index contributed by atoms with van der Waals surface area (Å²) in [6, 6.07) is 13.1. The number of hydrogen-bond acceptors (Lipinski definition) is 2. The standard InChI is InChI=1S/C18H19FN2O2/c1-12(10-14-6-8-15(19)9-7-14)18(23)21-17-5-3-4-16(11-17)20-13(2)22/h3-9,11-12H,10H2,1-2H3,(H,20,22)(H,21,23). The van der Waals surface area contributed by atoms with Crippen LogP contribution in [0.4, 0.5) is 15.8 Å². The highest BCUT2D eigenvalue weighted by molar-refractivity contribution is 5.94. The largest absolute Gasteiger partial charge is 0.326 e. The van der Waals surface area contributed by atoms with Gasteiger partial charge >= 0.3 is 0 Å². The van der Waals surface area contributed by atoms with Gasteiger partial charge in [-0.25, -0.2) is 4.39 Å². The molecule has 0 aliphatic rings. The monoisotopic (exact) mass is 314 g/mol. The fourth-order valence-electron chi connectivity index (χ4n) is 2.21. The first-order valence-electron chi connectivity index (χ1n) is 7.37. The minimum absolute atomic E-state index is 0.130. The van der Waals surface area contributed by atoms with Crippen LogP contribution >= 0.6 is 0 Å². The lowest BCUT2D eigenvalue weighted by Gasteiger charge is -2.13. The van der Waals surface area contributed by atoms with Gasteiger partial charge in [-0.15, -0.1) is 0 Å². The summed E-state index contributed by atoms with van der Waals surface area (Å²) in [5, 5.41) is 5.49. The molecule has 2 aromatic rings. The van der Waals surface area contributed by atoms with Crippen molar-refractivity contribution in [3.8, 4) is 0 Å². The average molecular weight is 314 g/mol. The number of hydrogen-bond donors (Lipinski definition) is 2. The Morgan fingerprint density at radius 2 is 1.65 bits per heavy atom. The second-order valence-electron chi connectivity index (χ2n) is 5.48. The van der Waals surface area contributed by atoms with Gasteiger partial charge in [0.15, 0.2) is 0 Å². The molecule has 0 bridgehead atoms. The summed E-state index contributed by atoms with van der Waals surface area (Å²) in [6.07, 6.45) is 0.525. The first-order valence-corrected chi connectivity index (χ1v) is 7.37. The molecule has 120 valence electrons. The van der Waals surface area contributed by atoms with E-state index in [1.54, 1.807) is 36.4 Å². The highest BCUT2D eigenvalue weighted by atomic mass is 19.1. The Kier molecular flexibility index (Phi) is 5.46. The molecular formula is C18H19FN2O2. The lowest BCUT2D eigenvalue weighted by molar-refractivity contribution is -0.119. The predicted molar refractivity (Wildman–Crippen MR) is 88.6 cm³/mol. The molecule has 0 radical (unpaired) electrons. The molecule has 0 saturated heterocycles. The molecular weight excluding hydrogens is 295 g/mol. The first kappa shape index (κ1) is 16.7. The normalized spacial score (nSPS) is 11.6. The molecule has 2 N–H and O–H groups in total. The van der Waals surface area contributed by atoms with Crippen LogP contribution < -0.4 is 10.6 Å². The van der Waals surface area contributed by atoms with Gasteiger partial charge in [-0.05, 0) is 42.3 Å². The molecule has 2 rings (SSSR count). The molecule has 2 amide bonds. The molecule has 1 unspecified atom stereocenters. The molecule has 4 nitrogen and oxygen atoms in total. The summed E-state index contributed by atoms with van der Waals surface area (Å²) in [5.74, 6) is -0.849. The van der Waals surface area contributed by atoms with E-state index in [2.05, 4.69) is 10.6 Å². The van der Waals surface area contributed by atoms with E-state index in [9.17, 15) is 14.0 Å². The van der Waals surface area contributed by atoms with Crippen LogP contribution in [0.1, 0.15) is 19.4 Å². The summed E-state index contributed by atoms with van der Waals surface area (Å²) < 4.78 is 12.9. The number of carbonyl (C=O) groups excluding carboxylic acids is 2. The van der Waals surface area contributed by atoms with Gasteiger partial charge in [0.2, 0.25) is 11.8 Å². The first-order chi connectivity index (χ1) is 10.9. The van der Waals surface area contributed by atoms with Crippen molar-refractivity contribution in [1.29, 1.82) is 0 Å². The zero-order valence-electron chi connectivity index (χ0n) is 13.1. The maximum absolute atomic E-state index is 12.9. The fourth-order valence-corrected chi connectivity index (χ4v) is 2.21. The lowest BCUT2D eigenvalue weighted by Crippen LogP contribution is -2.22. The van der Waals surface area contributed by atoms with Crippen LogP contribution in [0.3, 0.4) is 0 Å². The topological polar surface area (TPSA) is 58.2 Å². The van der Waals surface area contributed by atoms with Crippen LogP contribution in [0.15, 0.2) is 48.5 Å². The van der Waals surface area contributed by atoms with Gasteiger partial charge in [-0.2, -0.15) is 0 Å². The van der Waals surface area contributed by atoms with Gasteiger partial charge in [0.1, 0.15) is 5.82 Å². The van der Waals surface area contributed by atoms with E-state index in [0.29, 0.717) is 17.8 Å². The van der Waals surface area contributed by atoms with E-state index in [1.165, 1.54) is 19.1 Å². The average Bonchev–Trinajstić information content (AvgIpc) is 2.49. The number of amides is 2. The zero-order chi connectivity index (χ0) is 16.8. The molecule has 23 heavy (non-hydrogen) atoms. The fraction of sp³-hybridized carbons (Fsp3) is 0.222. The van der Waals surface area contributed by atoms with E-state index < -0.39 is 0 Å². The number of nitrogens with one attached hydrogen (secondary N) is 2. The van der Waals surface area contributed by atoms with Crippen molar-refractivity contribution in [3.63, 3.8) is 0 Å². The third-order valence-corrected chi connectivity index (χ3v) is 3.35. The van der Waals surface area contributed by atoms with Gasteiger partial charge in [0, 0.05) is 24.2 Å². The number of carbonyl (C=O) groups is 2. The van der Waals surface area contributed by atoms with E-state index in [0.717, 1.165) is 5.56 Å². The van der Waals surface area contributed by atoms with Crippen LogP contribution in [0.25, 0.3) is 0 Å². The van der Waals surface area contributed by atoms with E-state index in [-0.39, 0.29) is 23.5 Å². The van der Waals surface area contributed by atoms with Crippen LogP contribution in [0.5, 0.6) is 0 Å². The molecule has 0 heterocycles. The Morgan fingerprint density at radius 1 is 1.04 bits per heavy atom. The molecule has 2 aromatic carbocycles. The van der Waals surface area contributed by atoms with Crippen LogP contribution in [0.2, 0.25) is 0 Å². The Hall–Kier alpha value is -2.69. The highest BCUT2D eigenvalue weighted by Gasteiger charge is 2.14. The van der Waals surface area contributed by atoms with Crippen molar-refractivity contribution in [2.24, 2.45) is 5.92 Å². The van der Waals surface area contributed by atoms with Gasteiger partial charge in [0.25, 0.3) is 0 Å². The predicted octanol–water partition coefficient (Wildman–Crippen LogP) is 3.60. The number of halogens is 1. The number of rotatable bonds is 5. The maximum Gasteiger partial charge on any atom is 0.227 e. The van der Waals surface area contributed by atoms with Gasteiger partial charge in [0.05, 0.1) is 0 Å². The third-order valence-electron chi connectivity index (χ3n) is 3.35. The van der Waals surface area contributed by atoms with E-state index in [4.69, 9.17) is 0 Å². The Bertz CT molecular complexity index is 698. The second-order valence-corrected chi connectivity index (χ2v) is 5.48. The van der Waals surface area contributed by atoms with Crippen molar-refractivity contribution in [2.45, 2.75) is 20.3 Å². The Labute approximate surface area is 134 Å². The van der Waals surface area contributed by atoms with Crippen molar-refractivity contribution < 1.29 is 14.0 Å². The highest BCUT2D eigenvalue weighted by Crippen LogP contribution is 2.17. The van der Waals surface area contributed by atoms with Crippen molar-refractivity contribution >= 4 is 23.2 Å². The zero-order valence-corrected chi connectivity index (χ0v) is 13.1. The molecule has 0 spiro atoms. The quantitative estimate of drug-likeness (QED) is 0.886. The number of benzene rings is 2. The molecule has 0 aliphatic heterocycles. The summed E-state index contributed by atoms with van der Waals surface area (Å²) in [7, 11) is 0. The van der Waals surface area contributed by atoms with Gasteiger partial charge in [-0.3, -0.25) is 9.59 Å². The lowest BCUT2D eigenvalue weighted by atomic mass is 10.0. The SMILES string of the molecule is CC(=O)Nc1cccc(NC(=O)C(C)Cc2ccc(F)cc2)c1. The molecule has 0 aliphatic carbocycles. The second kappa shape index (κ2) is 7.54.